The van der Waals surface area contributed by atoms with Crippen molar-refractivity contribution in [1.29, 1.82) is 0 Å². The third-order valence-corrected chi connectivity index (χ3v) is 4.97. The maximum absolute atomic E-state index is 12.4. The highest BCUT2D eigenvalue weighted by Gasteiger charge is 2.34. The van der Waals surface area contributed by atoms with Gasteiger partial charge in [0, 0.05) is 19.0 Å². The van der Waals surface area contributed by atoms with Gasteiger partial charge in [-0.3, -0.25) is 4.31 Å². The van der Waals surface area contributed by atoms with Gasteiger partial charge in [0.1, 0.15) is 0 Å². The second-order valence-electron chi connectivity index (χ2n) is 5.61. The molecule has 6 heteroatoms. The molecule has 0 amide bonds. The Bertz CT molecular complexity index is 557. The Kier molecular flexibility index (Phi) is 4.67. The van der Waals surface area contributed by atoms with Crippen LogP contribution in [0.15, 0.2) is 24.3 Å². The van der Waals surface area contributed by atoms with Crippen molar-refractivity contribution in [3.05, 3.63) is 29.8 Å². The smallest absolute Gasteiger partial charge is 0.301 e. The summed E-state index contributed by atoms with van der Waals surface area (Å²) in [5.41, 5.74) is 7.49. The summed E-state index contributed by atoms with van der Waals surface area (Å²) < 4.78 is 29.0. The van der Waals surface area contributed by atoms with Gasteiger partial charge in [0.15, 0.2) is 0 Å². The second-order valence-corrected chi connectivity index (χ2v) is 7.29. The predicted octanol–water partition coefficient (Wildman–Crippen LogP) is 1.43. The van der Waals surface area contributed by atoms with E-state index in [-0.39, 0.29) is 11.8 Å². The van der Waals surface area contributed by atoms with E-state index in [0.717, 1.165) is 17.7 Å². The molecule has 1 heterocycles. The summed E-state index contributed by atoms with van der Waals surface area (Å²) in [5, 5.41) is 0. The van der Waals surface area contributed by atoms with Gasteiger partial charge < -0.3 is 5.73 Å². The molecular weight excluding hydrogens is 274 g/mol. The lowest BCUT2D eigenvalue weighted by Crippen LogP contribution is -2.41. The number of hydrogen-bond donors (Lipinski definition) is 2. The number of nitrogens with one attached hydrogen (secondary N) is 1. The van der Waals surface area contributed by atoms with E-state index in [1.165, 1.54) is 4.31 Å². The van der Waals surface area contributed by atoms with E-state index in [9.17, 15) is 8.42 Å². The summed E-state index contributed by atoms with van der Waals surface area (Å²) in [4.78, 5) is 0. The number of fused-ring (bicyclic) bond motifs is 1. The highest BCUT2D eigenvalue weighted by atomic mass is 32.2. The molecular formula is C14H23N3O2S. The zero-order valence-corrected chi connectivity index (χ0v) is 12.9. The highest BCUT2D eigenvalue weighted by Crippen LogP contribution is 2.38. The molecule has 20 heavy (non-hydrogen) atoms. The molecule has 0 saturated carbocycles. The van der Waals surface area contributed by atoms with E-state index in [0.29, 0.717) is 19.6 Å². The first-order valence-electron chi connectivity index (χ1n) is 7.02. The van der Waals surface area contributed by atoms with Crippen molar-refractivity contribution in [3.8, 4) is 0 Å². The fourth-order valence-corrected chi connectivity index (χ4v) is 3.98. The summed E-state index contributed by atoms with van der Waals surface area (Å²) in [5.74, 6) is 0.467. The molecule has 1 aromatic rings. The molecule has 1 atom stereocenters. The molecule has 1 aromatic carbocycles. The molecule has 1 aliphatic rings. The molecule has 0 aliphatic carbocycles. The lowest BCUT2D eigenvalue weighted by atomic mass is 9.98. The van der Waals surface area contributed by atoms with Crippen LogP contribution in [0.4, 0.5) is 5.69 Å². The van der Waals surface area contributed by atoms with Crippen LogP contribution in [0.3, 0.4) is 0 Å². The van der Waals surface area contributed by atoms with Crippen LogP contribution in [0, 0.1) is 5.92 Å². The molecule has 0 aromatic heterocycles. The third-order valence-electron chi connectivity index (χ3n) is 3.51. The van der Waals surface area contributed by atoms with E-state index >= 15 is 0 Å². The number of anilines is 1. The summed E-state index contributed by atoms with van der Waals surface area (Å²) in [6.07, 6.45) is 0.799. The first kappa shape index (κ1) is 15.3. The maximum atomic E-state index is 12.4. The van der Waals surface area contributed by atoms with Crippen molar-refractivity contribution in [2.24, 2.45) is 11.7 Å². The zero-order chi connectivity index (χ0) is 14.8. The minimum absolute atomic E-state index is 0.187. The molecule has 1 aliphatic heterocycles. The van der Waals surface area contributed by atoms with Crippen LogP contribution >= 0.6 is 0 Å². The normalized spacial score (nSPS) is 18.6. The highest BCUT2D eigenvalue weighted by molar-refractivity contribution is 7.90. The van der Waals surface area contributed by atoms with E-state index in [4.69, 9.17) is 5.73 Å². The molecule has 112 valence electrons. The van der Waals surface area contributed by atoms with Crippen molar-refractivity contribution < 1.29 is 8.42 Å². The minimum Gasteiger partial charge on any atom is -0.330 e. The number of hydrogen-bond acceptors (Lipinski definition) is 3. The number of nitrogens with two attached hydrogens (primary N) is 1. The van der Waals surface area contributed by atoms with E-state index in [2.05, 4.69) is 4.72 Å². The van der Waals surface area contributed by atoms with Crippen LogP contribution in [0.2, 0.25) is 0 Å². The van der Waals surface area contributed by atoms with Gasteiger partial charge >= 0.3 is 10.2 Å². The molecule has 2 rings (SSSR count). The summed E-state index contributed by atoms with van der Waals surface area (Å²) >= 11 is 0. The fourth-order valence-electron chi connectivity index (χ4n) is 2.48. The standard InChI is InChI=1S/C14H23N3O2S/c1-11(2)9-16-20(18,19)17-10-12(7-8-15)13-5-3-4-6-14(13)17/h3-6,11-12,16H,7-10,15H2,1-2H3. The maximum Gasteiger partial charge on any atom is 0.301 e. The molecule has 0 fully saturated rings. The van der Waals surface area contributed by atoms with Crippen molar-refractivity contribution in [2.75, 3.05) is 23.9 Å². The lowest BCUT2D eigenvalue weighted by molar-refractivity contribution is 0.553. The van der Waals surface area contributed by atoms with Gasteiger partial charge in [-0.05, 0) is 30.5 Å². The Hall–Kier alpha value is -1.11. The Morgan fingerprint density at radius 3 is 2.75 bits per heavy atom. The predicted molar refractivity (Wildman–Crippen MR) is 82.0 cm³/mol. The zero-order valence-electron chi connectivity index (χ0n) is 12.0. The first-order valence-corrected chi connectivity index (χ1v) is 8.46. The first-order chi connectivity index (χ1) is 9.45. The van der Waals surface area contributed by atoms with E-state index < -0.39 is 10.2 Å². The number of nitrogens with zero attached hydrogens (tertiary/aromatic N) is 1. The second kappa shape index (κ2) is 6.11. The average molecular weight is 297 g/mol. The molecule has 0 bridgehead atoms. The van der Waals surface area contributed by atoms with E-state index in [1.54, 1.807) is 0 Å². The van der Waals surface area contributed by atoms with Crippen LogP contribution in [-0.2, 0) is 10.2 Å². The number of benzene rings is 1. The van der Waals surface area contributed by atoms with Gasteiger partial charge in [-0.2, -0.15) is 13.1 Å². The summed E-state index contributed by atoms with van der Waals surface area (Å²) in [7, 11) is -3.48. The van der Waals surface area contributed by atoms with Crippen LogP contribution in [-0.4, -0.2) is 28.1 Å². The summed E-state index contributed by atoms with van der Waals surface area (Å²) in [6, 6.07) is 7.67. The van der Waals surface area contributed by atoms with Crippen molar-refractivity contribution in [1.82, 2.24) is 4.72 Å². The fraction of sp³-hybridized carbons (Fsp3) is 0.571. The average Bonchev–Trinajstić information content (AvgIpc) is 2.77. The Balaban J connectivity index is 2.26. The quantitative estimate of drug-likeness (QED) is 0.834. The molecule has 3 N–H and O–H groups in total. The monoisotopic (exact) mass is 297 g/mol. The SMILES string of the molecule is CC(C)CNS(=O)(=O)N1CC(CCN)c2ccccc21. The van der Waals surface area contributed by atoms with Crippen molar-refractivity contribution in [2.45, 2.75) is 26.2 Å². The number of para-hydroxylation sites is 1. The Morgan fingerprint density at radius 1 is 1.40 bits per heavy atom. The lowest BCUT2D eigenvalue weighted by Gasteiger charge is -2.21. The van der Waals surface area contributed by atoms with Gasteiger partial charge in [0.2, 0.25) is 0 Å². The van der Waals surface area contributed by atoms with Gasteiger partial charge in [-0.25, -0.2) is 0 Å². The van der Waals surface area contributed by atoms with Gasteiger partial charge in [-0.15, -0.1) is 0 Å². The van der Waals surface area contributed by atoms with Crippen LogP contribution < -0.4 is 14.8 Å². The third kappa shape index (κ3) is 3.13. The molecule has 5 nitrogen and oxygen atoms in total. The molecule has 0 saturated heterocycles. The van der Waals surface area contributed by atoms with Crippen molar-refractivity contribution >= 4 is 15.9 Å². The molecule has 1 unspecified atom stereocenters. The van der Waals surface area contributed by atoms with E-state index in [1.807, 2.05) is 38.1 Å². The van der Waals surface area contributed by atoms with Crippen LogP contribution in [0.5, 0.6) is 0 Å². The number of rotatable bonds is 6. The summed E-state index contributed by atoms with van der Waals surface area (Å²) in [6.45, 7) is 5.45. The molecule has 0 radical (unpaired) electrons. The minimum atomic E-state index is -3.48. The Morgan fingerprint density at radius 2 is 2.10 bits per heavy atom. The Labute approximate surface area is 121 Å². The van der Waals surface area contributed by atoms with Crippen LogP contribution in [0.25, 0.3) is 0 Å². The topological polar surface area (TPSA) is 75.4 Å². The van der Waals surface area contributed by atoms with Crippen molar-refractivity contribution in [3.63, 3.8) is 0 Å². The van der Waals surface area contributed by atoms with Gasteiger partial charge in [0.05, 0.1) is 5.69 Å². The largest absolute Gasteiger partial charge is 0.330 e. The molecule has 0 spiro atoms. The van der Waals surface area contributed by atoms with Gasteiger partial charge in [-0.1, -0.05) is 32.0 Å². The van der Waals surface area contributed by atoms with Gasteiger partial charge in [0.25, 0.3) is 0 Å². The van der Waals surface area contributed by atoms with Crippen LogP contribution in [0.1, 0.15) is 31.7 Å².